The minimum Gasteiger partial charge on any atom is -0.354 e. The molecule has 4 amide bonds. The number of carbonyl (C=O) groups is 4. The highest BCUT2D eigenvalue weighted by molar-refractivity contribution is 6.51. The summed E-state index contributed by atoms with van der Waals surface area (Å²) in [6.07, 6.45) is 2.99. The van der Waals surface area contributed by atoms with Gasteiger partial charge in [-0.05, 0) is 59.1 Å². The number of hydrogen-bond acceptors (Lipinski definition) is 4. The Bertz CT molecular complexity index is 2930. The van der Waals surface area contributed by atoms with Crippen molar-refractivity contribution >= 4 is 89.4 Å². The molecule has 58 heavy (non-hydrogen) atoms. The molecule has 2 aromatic heterocycles. The maximum Gasteiger partial charge on any atom is 0.268 e. The molecule has 0 unspecified atom stereocenters. The molecule has 0 saturated carbocycles. The van der Waals surface area contributed by atoms with Crippen LogP contribution in [0.25, 0.3) is 54.4 Å². The molecular formula is C50H44N4O4. The predicted molar refractivity (Wildman–Crippen MR) is 234 cm³/mol. The lowest BCUT2D eigenvalue weighted by Gasteiger charge is -2.36. The van der Waals surface area contributed by atoms with Gasteiger partial charge in [-0.2, -0.15) is 0 Å². The van der Waals surface area contributed by atoms with Crippen LogP contribution < -0.4 is 9.80 Å². The van der Waals surface area contributed by atoms with Crippen LogP contribution in [-0.4, -0.2) is 33.6 Å². The second kappa shape index (κ2) is 13.0. The molecule has 0 radical (unpaired) electrons. The Morgan fingerprint density at radius 2 is 0.845 bits per heavy atom. The van der Waals surface area contributed by atoms with Crippen LogP contribution in [0, 0.1) is 0 Å². The van der Waals surface area contributed by atoms with Gasteiger partial charge in [-0.3, -0.25) is 19.2 Å². The zero-order valence-electron chi connectivity index (χ0n) is 33.6. The lowest BCUT2D eigenvalue weighted by Crippen LogP contribution is -2.45. The molecule has 2 N–H and O–H groups in total. The van der Waals surface area contributed by atoms with Gasteiger partial charge in [-0.25, -0.2) is 9.80 Å². The van der Waals surface area contributed by atoms with E-state index in [1.54, 1.807) is 0 Å². The minimum atomic E-state index is -0.478. The summed E-state index contributed by atoms with van der Waals surface area (Å²) in [5.41, 5.74) is 8.50. The van der Waals surface area contributed by atoms with Crippen molar-refractivity contribution in [1.82, 2.24) is 9.97 Å². The number of aromatic nitrogens is 2. The van der Waals surface area contributed by atoms with Crippen LogP contribution >= 0.6 is 0 Å². The number of fused-ring (bicyclic) bond motifs is 10. The average Bonchev–Trinajstić information content (AvgIpc) is 3.78. The van der Waals surface area contributed by atoms with Gasteiger partial charge in [0.2, 0.25) is 0 Å². The number of anilines is 2. The fourth-order valence-corrected chi connectivity index (χ4v) is 9.96. The first-order valence-electron chi connectivity index (χ1n) is 20.6. The number of hydrogen-bond donors (Lipinski definition) is 2. The van der Waals surface area contributed by atoms with E-state index in [0.29, 0.717) is 67.9 Å². The van der Waals surface area contributed by atoms with Crippen LogP contribution in [0.1, 0.15) is 130 Å². The molecule has 2 aliphatic rings. The number of para-hydroxylation sites is 4. The number of carbonyl (C=O) groups excluding carboxylic acids is 4. The van der Waals surface area contributed by atoms with E-state index in [4.69, 9.17) is 0 Å². The second-order valence-electron chi connectivity index (χ2n) is 16.5. The van der Waals surface area contributed by atoms with E-state index in [1.807, 2.05) is 84.9 Å². The van der Waals surface area contributed by atoms with Gasteiger partial charge in [0, 0.05) is 43.4 Å². The van der Waals surface area contributed by atoms with E-state index in [-0.39, 0.29) is 23.0 Å². The SMILES string of the molecule is CCCc1cccc(C(C)C)c1N1C(=O)c2c3[nH]c4ccccc4c3c3c4c(c5[nH]c6ccccc6c5c(c24)C1=O)C(=O)N(c1c(CCC)cccc1C(C)C)C3=O. The predicted octanol–water partition coefficient (Wildman–Crippen LogP) is 11.9. The summed E-state index contributed by atoms with van der Waals surface area (Å²) in [6.45, 7) is 12.5. The van der Waals surface area contributed by atoms with Gasteiger partial charge in [-0.15, -0.1) is 0 Å². The normalized spacial score (nSPS) is 14.3. The van der Waals surface area contributed by atoms with E-state index in [9.17, 15) is 0 Å². The fraction of sp³-hybridized carbons (Fsp3) is 0.240. The van der Waals surface area contributed by atoms with Crippen LogP contribution in [0.4, 0.5) is 11.4 Å². The van der Waals surface area contributed by atoms with Crippen LogP contribution in [0.2, 0.25) is 0 Å². The Morgan fingerprint density at radius 1 is 0.466 bits per heavy atom. The van der Waals surface area contributed by atoms with Crippen molar-refractivity contribution in [1.29, 1.82) is 0 Å². The zero-order valence-corrected chi connectivity index (χ0v) is 33.6. The number of aryl methyl sites for hydroxylation is 2. The molecule has 0 bridgehead atoms. The first-order chi connectivity index (χ1) is 28.1. The van der Waals surface area contributed by atoms with Crippen LogP contribution in [-0.2, 0) is 12.8 Å². The van der Waals surface area contributed by atoms with Crippen molar-refractivity contribution in [2.75, 3.05) is 9.80 Å². The molecule has 6 aromatic carbocycles. The Morgan fingerprint density at radius 3 is 1.22 bits per heavy atom. The quantitative estimate of drug-likeness (QED) is 0.150. The summed E-state index contributed by atoms with van der Waals surface area (Å²) in [5.74, 6) is -1.87. The lowest BCUT2D eigenvalue weighted by molar-refractivity contribution is 0.0875. The molecule has 0 aliphatic carbocycles. The highest BCUT2D eigenvalue weighted by Crippen LogP contribution is 2.52. The topological polar surface area (TPSA) is 106 Å². The van der Waals surface area contributed by atoms with Crippen LogP contribution in [0.15, 0.2) is 84.9 Å². The van der Waals surface area contributed by atoms with Gasteiger partial charge in [0.25, 0.3) is 23.6 Å². The van der Waals surface area contributed by atoms with E-state index in [0.717, 1.165) is 56.9 Å². The maximum absolute atomic E-state index is 15.7. The van der Waals surface area contributed by atoms with E-state index < -0.39 is 23.6 Å². The summed E-state index contributed by atoms with van der Waals surface area (Å²) in [7, 11) is 0. The molecular weight excluding hydrogens is 721 g/mol. The second-order valence-corrected chi connectivity index (χ2v) is 16.5. The Hall–Kier alpha value is -6.54. The molecule has 8 aromatic rings. The molecule has 0 fully saturated rings. The molecule has 288 valence electrons. The highest BCUT2D eigenvalue weighted by atomic mass is 16.2. The monoisotopic (exact) mass is 764 g/mol. The first kappa shape index (κ1) is 35.8. The standard InChI is InChI=1S/C50H44N4O4/c1-7-15-27-17-13-21-29(25(3)4)45(27)53-47(55)39-35-31-19-9-11-23-33(31)52-44(35)42-38-37(39)41(49(53)57)43-36(32-20-10-12-24-34(32)51-43)40(38)48(56)54(50(42)58)46-28(16-8-2)18-14-22-30(46)26(5)6/h9-14,17-26,51-52H,7-8,15-16H2,1-6H3. The number of amides is 4. The number of benzene rings is 6. The van der Waals surface area contributed by atoms with E-state index in [2.05, 4.69) is 51.5 Å². The third-order valence-corrected chi connectivity index (χ3v) is 12.4. The van der Waals surface area contributed by atoms with Crippen molar-refractivity contribution in [2.45, 2.75) is 79.1 Å². The number of rotatable bonds is 8. The van der Waals surface area contributed by atoms with Crippen molar-refractivity contribution in [3.05, 3.63) is 129 Å². The number of nitrogens with one attached hydrogen (secondary N) is 2. The third-order valence-electron chi connectivity index (χ3n) is 12.4. The van der Waals surface area contributed by atoms with Crippen LogP contribution in [0.3, 0.4) is 0 Å². The molecule has 0 spiro atoms. The average molecular weight is 765 g/mol. The molecule has 4 heterocycles. The molecule has 0 saturated heterocycles. The Labute approximate surface area is 335 Å². The molecule has 8 heteroatoms. The van der Waals surface area contributed by atoms with Crippen molar-refractivity contribution in [3.63, 3.8) is 0 Å². The first-order valence-corrected chi connectivity index (χ1v) is 20.6. The van der Waals surface area contributed by atoms with Gasteiger partial charge < -0.3 is 9.97 Å². The van der Waals surface area contributed by atoms with Gasteiger partial charge in [0.15, 0.2) is 0 Å². The zero-order chi connectivity index (χ0) is 40.3. The molecule has 8 nitrogen and oxygen atoms in total. The molecule has 10 rings (SSSR count). The van der Waals surface area contributed by atoms with Crippen molar-refractivity contribution in [3.8, 4) is 0 Å². The third kappa shape index (κ3) is 4.68. The Kier molecular flexibility index (Phi) is 8.03. The van der Waals surface area contributed by atoms with Gasteiger partial charge in [-0.1, -0.05) is 127 Å². The molecule has 0 atom stereocenters. The molecule has 2 aliphatic heterocycles. The summed E-state index contributed by atoms with van der Waals surface area (Å²) in [5, 5.41) is 3.34. The number of nitrogens with zero attached hydrogens (tertiary/aromatic N) is 2. The van der Waals surface area contributed by atoms with E-state index >= 15 is 19.2 Å². The van der Waals surface area contributed by atoms with E-state index in [1.165, 1.54) is 9.80 Å². The number of aromatic amines is 2. The van der Waals surface area contributed by atoms with Gasteiger partial charge in [0.1, 0.15) is 0 Å². The smallest absolute Gasteiger partial charge is 0.268 e. The number of imide groups is 2. The minimum absolute atomic E-state index is 0.0120. The van der Waals surface area contributed by atoms with Gasteiger partial charge >= 0.3 is 0 Å². The number of H-pyrrole nitrogens is 2. The Balaban J connectivity index is 1.43. The highest BCUT2D eigenvalue weighted by Gasteiger charge is 2.47. The largest absolute Gasteiger partial charge is 0.354 e. The van der Waals surface area contributed by atoms with Crippen LogP contribution in [0.5, 0.6) is 0 Å². The lowest BCUT2D eigenvalue weighted by atomic mass is 9.80. The van der Waals surface area contributed by atoms with Gasteiger partial charge in [0.05, 0.1) is 44.7 Å². The van der Waals surface area contributed by atoms with Crippen molar-refractivity contribution in [2.24, 2.45) is 0 Å². The summed E-state index contributed by atoms with van der Waals surface area (Å²) in [6, 6.07) is 27.5. The fourth-order valence-electron chi connectivity index (χ4n) is 9.96. The summed E-state index contributed by atoms with van der Waals surface area (Å²) in [4.78, 5) is 72.7. The summed E-state index contributed by atoms with van der Waals surface area (Å²) < 4.78 is 0. The maximum atomic E-state index is 15.7. The summed E-state index contributed by atoms with van der Waals surface area (Å²) >= 11 is 0. The van der Waals surface area contributed by atoms with Crippen molar-refractivity contribution < 1.29 is 19.2 Å².